The number of urea groups is 1. The molecule has 1 aromatic heterocycles. The van der Waals surface area contributed by atoms with Crippen LogP contribution in [-0.2, 0) is 11.3 Å². The van der Waals surface area contributed by atoms with E-state index in [0.717, 1.165) is 18.6 Å². The number of carbonyl (C=O) groups excluding carboxylic acids is 1. The molecule has 1 aliphatic rings. The van der Waals surface area contributed by atoms with Crippen LogP contribution in [0.4, 0.5) is 4.79 Å². The summed E-state index contributed by atoms with van der Waals surface area (Å²) in [5.74, 6) is 0.419. The van der Waals surface area contributed by atoms with Gasteiger partial charge in [0.25, 0.3) is 0 Å². The van der Waals surface area contributed by atoms with Crippen molar-refractivity contribution in [3.05, 3.63) is 23.7 Å². The number of rotatable bonds is 5. The summed E-state index contributed by atoms with van der Waals surface area (Å²) in [7, 11) is 0. The molecule has 1 aromatic rings. The summed E-state index contributed by atoms with van der Waals surface area (Å²) in [4.78, 5) is 23.0. The Morgan fingerprint density at radius 1 is 1.47 bits per heavy atom. The Labute approximate surface area is 111 Å². The standard InChI is InChI=1S/C13H18N2O4/c1-8-3-6-10(19-8)7-14-12(18)15-13(2,11(16)17)9-4-5-9/h3,6,9H,4-5,7H2,1-2H3,(H,16,17)(H2,14,15,18). The van der Waals surface area contributed by atoms with E-state index < -0.39 is 17.5 Å². The predicted molar refractivity (Wildman–Crippen MR) is 67.6 cm³/mol. The molecule has 104 valence electrons. The van der Waals surface area contributed by atoms with E-state index in [4.69, 9.17) is 4.42 Å². The van der Waals surface area contributed by atoms with Crippen LogP contribution in [0.2, 0.25) is 0 Å². The van der Waals surface area contributed by atoms with Crippen LogP contribution in [-0.4, -0.2) is 22.6 Å². The fourth-order valence-electron chi connectivity index (χ4n) is 2.02. The number of aryl methyl sites for hydroxylation is 1. The lowest BCUT2D eigenvalue weighted by atomic mass is 9.96. The Bertz CT molecular complexity index is 493. The Kier molecular flexibility index (Phi) is 3.50. The summed E-state index contributed by atoms with van der Waals surface area (Å²) < 4.78 is 5.31. The molecule has 6 heteroatoms. The van der Waals surface area contributed by atoms with E-state index in [1.807, 2.05) is 6.92 Å². The third kappa shape index (κ3) is 3.07. The third-order valence-electron chi connectivity index (χ3n) is 3.43. The number of amides is 2. The maximum absolute atomic E-state index is 11.7. The van der Waals surface area contributed by atoms with E-state index in [0.29, 0.717) is 5.76 Å². The minimum atomic E-state index is -1.19. The van der Waals surface area contributed by atoms with Crippen molar-refractivity contribution >= 4 is 12.0 Å². The quantitative estimate of drug-likeness (QED) is 0.755. The maximum Gasteiger partial charge on any atom is 0.329 e. The highest BCUT2D eigenvalue weighted by atomic mass is 16.4. The Morgan fingerprint density at radius 3 is 2.63 bits per heavy atom. The number of carbonyl (C=O) groups is 2. The van der Waals surface area contributed by atoms with Gasteiger partial charge in [-0.05, 0) is 44.7 Å². The molecule has 0 bridgehead atoms. The van der Waals surface area contributed by atoms with Gasteiger partial charge in [-0.15, -0.1) is 0 Å². The van der Waals surface area contributed by atoms with Crippen LogP contribution < -0.4 is 10.6 Å². The van der Waals surface area contributed by atoms with E-state index in [9.17, 15) is 14.7 Å². The summed E-state index contributed by atoms with van der Waals surface area (Å²) in [5, 5.41) is 14.4. The van der Waals surface area contributed by atoms with Gasteiger partial charge in [-0.25, -0.2) is 9.59 Å². The summed E-state index contributed by atoms with van der Waals surface area (Å²) >= 11 is 0. The van der Waals surface area contributed by atoms with Crippen LogP contribution in [0, 0.1) is 12.8 Å². The first-order chi connectivity index (χ1) is 8.91. The Morgan fingerprint density at radius 2 is 2.16 bits per heavy atom. The zero-order valence-electron chi connectivity index (χ0n) is 11.0. The Balaban J connectivity index is 1.88. The first-order valence-electron chi connectivity index (χ1n) is 6.26. The highest BCUT2D eigenvalue weighted by Gasteiger charge is 2.48. The van der Waals surface area contributed by atoms with Crippen molar-refractivity contribution in [2.75, 3.05) is 0 Å². The highest BCUT2D eigenvalue weighted by molar-refractivity contribution is 5.86. The number of hydrogen-bond donors (Lipinski definition) is 3. The topological polar surface area (TPSA) is 91.6 Å². The van der Waals surface area contributed by atoms with E-state index in [1.54, 1.807) is 19.1 Å². The monoisotopic (exact) mass is 266 g/mol. The molecule has 1 fully saturated rings. The van der Waals surface area contributed by atoms with Crippen molar-refractivity contribution in [1.82, 2.24) is 10.6 Å². The SMILES string of the molecule is Cc1ccc(CNC(=O)NC(C)(C(=O)O)C2CC2)o1. The zero-order valence-corrected chi connectivity index (χ0v) is 11.0. The number of nitrogens with one attached hydrogen (secondary N) is 2. The molecule has 19 heavy (non-hydrogen) atoms. The van der Waals surface area contributed by atoms with E-state index >= 15 is 0 Å². The van der Waals surface area contributed by atoms with Gasteiger partial charge in [0, 0.05) is 0 Å². The average molecular weight is 266 g/mol. The number of aliphatic carboxylic acids is 1. The minimum absolute atomic E-state index is 0.0154. The van der Waals surface area contributed by atoms with Gasteiger partial charge in [0.05, 0.1) is 6.54 Å². The van der Waals surface area contributed by atoms with Gasteiger partial charge in [0.2, 0.25) is 0 Å². The molecule has 1 aliphatic carbocycles. The number of hydrogen-bond acceptors (Lipinski definition) is 3. The second kappa shape index (κ2) is 4.95. The van der Waals surface area contributed by atoms with Gasteiger partial charge in [0.1, 0.15) is 17.1 Å². The van der Waals surface area contributed by atoms with E-state index in [2.05, 4.69) is 10.6 Å². The summed E-state index contributed by atoms with van der Waals surface area (Å²) in [6.45, 7) is 3.60. The molecular formula is C13H18N2O4. The third-order valence-corrected chi connectivity index (χ3v) is 3.43. The lowest BCUT2D eigenvalue weighted by Crippen LogP contribution is -2.56. The molecule has 3 N–H and O–H groups in total. The fourth-order valence-corrected chi connectivity index (χ4v) is 2.02. The second-order valence-corrected chi connectivity index (χ2v) is 5.10. The minimum Gasteiger partial charge on any atom is -0.480 e. The van der Waals surface area contributed by atoms with Crippen molar-refractivity contribution in [1.29, 1.82) is 0 Å². The Hall–Kier alpha value is -1.98. The van der Waals surface area contributed by atoms with Gasteiger partial charge in [0.15, 0.2) is 0 Å². The molecular weight excluding hydrogens is 248 g/mol. The number of carboxylic acids is 1. The molecule has 2 amide bonds. The molecule has 0 radical (unpaired) electrons. The summed E-state index contributed by atoms with van der Waals surface area (Å²) in [6.07, 6.45) is 1.67. The normalized spacial score (nSPS) is 17.6. The maximum atomic E-state index is 11.7. The molecule has 1 saturated carbocycles. The van der Waals surface area contributed by atoms with Crippen LogP contribution in [0.1, 0.15) is 31.3 Å². The lowest BCUT2D eigenvalue weighted by molar-refractivity contribution is -0.144. The van der Waals surface area contributed by atoms with Crippen molar-refractivity contribution < 1.29 is 19.1 Å². The smallest absolute Gasteiger partial charge is 0.329 e. The first kappa shape index (κ1) is 13.5. The summed E-state index contributed by atoms with van der Waals surface area (Å²) in [6, 6.07) is 3.08. The highest BCUT2D eigenvalue weighted by Crippen LogP contribution is 2.39. The average Bonchev–Trinajstić information content (AvgIpc) is 3.11. The van der Waals surface area contributed by atoms with Gasteiger partial charge < -0.3 is 20.2 Å². The van der Waals surface area contributed by atoms with E-state index in [-0.39, 0.29) is 12.5 Å². The molecule has 0 aliphatic heterocycles. The molecule has 2 rings (SSSR count). The van der Waals surface area contributed by atoms with Crippen LogP contribution in [0.25, 0.3) is 0 Å². The van der Waals surface area contributed by atoms with Crippen molar-refractivity contribution in [2.45, 2.75) is 38.8 Å². The van der Waals surface area contributed by atoms with Crippen LogP contribution >= 0.6 is 0 Å². The van der Waals surface area contributed by atoms with Gasteiger partial charge in [-0.1, -0.05) is 0 Å². The fraction of sp³-hybridized carbons (Fsp3) is 0.538. The van der Waals surface area contributed by atoms with Crippen LogP contribution in [0.15, 0.2) is 16.5 Å². The molecule has 0 spiro atoms. The predicted octanol–water partition coefficient (Wildman–Crippen LogP) is 1.64. The lowest BCUT2D eigenvalue weighted by Gasteiger charge is -2.26. The van der Waals surface area contributed by atoms with Crippen molar-refractivity contribution in [3.8, 4) is 0 Å². The van der Waals surface area contributed by atoms with Gasteiger partial charge in [-0.2, -0.15) is 0 Å². The number of furan rings is 1. The zero-order chi connectivity index (χ0) is 14.0. The van der Waals surface area contributed by atoms with Gasteiger partial charge >= 0.3 is 12.0 Å². The second-order valence-electron chi connectivity index (χ2n) is 5.10. The molecule has 0 aromatic carbocycles. The van der Waals surface area contributed by atoms with Crippen LogP contribution in [0.5, 0.6) is 0 Å². The molecule has 1 atom stereocenters. The first-order valence-corrected chi connectivity index (χ1v) is 6.26. The van der Waals surface area contributed by atoms with E-state index in [1.165, 1.54) is 0 Å². The molecule has 6 nitrogen and oxygen atoms in total. The van der Waals surface area contributed by atoms with Crippen molar-refractivity contribution in [2.24, 2.45) is 5.92 Å². The summed E-state index contributed by atoms with van der Waals surface area (Å²) in [5.41, 5.74) is -1.19. The largest absolute Gasteiger partial charge is 0.480 e. The molecule has 0 saturated heterocycles. The van der Waals surface area contributed by atoms with Gasteiger partial charge in [-0.3, -0.25) is 0 Å². The van der Waals surface area contributed by atoms with Crippen molar-refractivity contribution in [3.63, 3.8) is 0 Å². The molecule has 1 heterocycles. The molecule has 1 unspecified atom stereocenters. The van der Waals surface area contributed by atoms with Crippen LogP contribution in [0.3, 0.4) is 0 Å². The number of carboxylic acid groups (broad SMARTS) is 1.